The number of carbonyl (C=O) groups excluding carboxylic acids is 3. The van der Waals surface area contributed by atoms with Crippen molar-refractivity contribution in [2.45, 2.75) is 59.5 Å². The first-order valence-electron chi connectivity index (χ1n) is 10.0. The summed E-state index contributed by atoms with van der Waals surface area (Å²) in [5.74, 6) is -1.07. The number of amides is 1. The largest absolute Gasteiger partial charge is 0.453 e. The standard InChI is InChI=1S/C24H29NO4/c1-5-7-19-10-12-20(13-11-19)21(26)14-15-22(27)29-18(4)24(28)25-23-16(2)8-6-9-17(23)3/h6,8-13,18H,5,7,14-15H2,1-4H3,(H,25,28)/t18-/m1/s1. The monoisotopic (exact) mass is 395 g/mol. The van der Waals surface area contributed by atoms with Crippen molar-refractivity contribution in [2.24, 2.45) is 0 Å². The zero-order valence-corrected chi connectivity index (χ0v) is 17.6. The van der Waals surface area contributed by atoms with E-state index in [4.69, 9.17) is 4.74 Å². The lowest BCUT2D eigenvalue weighted by molar-refractivity contribution is -0.153. The molecule has 1 atom stereocenters. The number of hydrogen-bond donors (Lipinski definition) is 1. The lowest BCUT2D eigenvalue weighted by Crippen LogP contribution is -2.30. The van der Waals surface area contributed by atoms with Gasteiger partial charge in [0.05, 0.1) is 6.42 Å². The molecule has 1 N–H and O–H groups in total. The van der Waals surface area contributed by atoms with Crippen LogP contribution in [0.4, 0.5) is 5.69 Å². The number of esters is 1. The summed E-state index contributed by atoms with van der Waals surface area (Å²) >= 11 is 0. The zero-order valence-electron chi connectivity index (χ0n) is 17.6. The third-order valence-corrected chi connectivity index (χ3v) is 4.78. The minimum absolute atomic E-state index is 0.0528. The van der Waals surface area contributed by atoms with E-state index in [9.17, 15) is 14.4 Å². The van der Waals surface area contributed by atoms with Crippen molar-refractivity contribution in [2.75, 3.05) is 5.32 Å². The van der Waals surface area contributed by atoms with Gasteiger partial charge < -0.3 is 10.1 Å². The molecule has 0 aliphatic rings. The Morgan fingerprint density at radius 3 is 2.17 bits per heavy atom. The van der Waals surface area contributed by atoms with E-state index in [2.05, 4.69) is 12.2 Å². The number of Topliss-reactive ketones (excluding diaryl/α,β-unsaturated/α-hetero) is 1. The average molecular weight is 395 g/mol. The summed E-state index contributed by atoms with van der Waals surface area (Å²) in [6.07, 6.45) is 1.08. The van der Waals surface area contributed by atoms with Crippen LogP contribution >= 0.6 is 0 Å². The van der Waals surface area contributed by atoms with Crippen molar-refractivity contribution in [3.63, 3.8) is 0 Å². The minimum atomic E-state index is -0.940. The third kappa shape index (κ3) is 6.56. The van der Waals surface area contributed by atoms with Crippen molar-refractivity contribution in [3.8, 4) is 0 Å². The van der Waals surface area contributed by atoms with Crippen LogP contribution in [0.2, 0.25) is 0 Å². The fourth-order valence-corrected chi connectivity index (χ4v) is 3.05. The first-order valence-corrected chi connectivity index (χ1v) is 10.0. The summed E-state index contributed by atoms with van der Waals surface area (Å²) in [5.41, 5.74) is 4.37. The number of aryl methyl sites for hydroxylation is 3. The topological polar surface area (TPSA) is 72.5 Å². The van der Waals surface area contributed by atoms with Crippen LogP contribution in [0.1, 0.15) is 60.2 Å². The van der Waals surface area contributed by atoms with Gasteiger partial charge in [-0.3, -0.25) is 14.4 Å². The van der Waals surface area contributed by atoms with Gasteiger partial charge in [-0.25, -0.2) is 0 Å². The number of carbonyl (C=O) groups is 3. The molecule has 0 unspecified atom stereocenters. The van der Waals surface area contributed by atoms with Crippen LogP contribution in [0.25, 0.3) is 0 Å². The van der Waals surface area contributed by atoms with E-state index in [1.54, 1.807) is 12.1 Å². The van der Waals surface area contributed by atoms with Gasteiger partial charge in [0.2, 0.25) is 0 Å². The molecule has 154 valence electrons. The molecule has 0 heterocycles. The van der Waals surface area contributed by atoms with Gasteiger partial charge in [0, 0.05) is 17.7 Å². The van der Waals surface area contributed by atoms with Crippen molar-refractivity contribution in [1.82, 2.24) is 0 Å². The second-order valence-corrected chi connectivity index (χ2v) is 7.26. The molecule has 0 fully saturated rings. The molecule has 2 aromatic rings. The van der Waals surface area contributed by atoms with E-state index in [0.717, 1.165) is 29.7 Å². The van der Waals surface area contributed by atoms with Gasteiger partial charge in [-0.15, -0.1) is 0 Å². The Labute approximate surface area is 172 Å². The van der Waals surface area contributed by atoms with E-state index in [1.165, 1.54) is 12.5 Å². The summed E-state index contributed by atoms with van der Waals surface area (Å²) in [6, 6.07) is 13.2. The highest BCUT2D eigenvalue weighted by Crippen LogP contribution is 2.20. The number of ketones is 1. The normalized spacial score (nSPS) is 11.6. The van der Waals surface area contributed by atoms with Gasteiger partial charge in [-0.1, -0.05) is 55.8 Å². The molecule has 5 nitrogen and oxygen atoms in total. The van der Waals surface area contributed by atoms with Gasteiger partial charge in [-0.05, 0) is 43.9 Å². The van der Waals surface area contributed by atoms with Crippen LogP contribution < -0.4 is 5.32 Å². The first kappa shape index (κ1) is 22.3. The molecule has 0 saturated carbocycles. The van der Waals surface area contributed by atoms with Crippen LogP contribution in [-0.4, -0.2) is 23.8 Å². The Hall–Kier alpha value is -2.95. The van der Waals surface area contributed by atoms with Crippen LogP contribution in [0.3, 0.4) is 0 Å². The highest BCUT2D eigenvalue weighted by atomic mass is 16.5. The highest BCUT2D eigenvalue weighted by Gasteiger charge is 2.20. The quantitative estimate of drug-likeness (QED) is 0.489. The number of para-hydroxylation sites is 1. The van der Waals surface area contributed by atoms with E-state index >= 15 is 0 Å². The smallest absolute Gasteiger partial charge is 0.307 e. The Balaban J connectivity index is 1.83. The molecular formula is C24H29NO4. The predicted octanol–water partition coefficient (Wildman–Crippen LogP) is 4.79. The summed E-state index contributed by atoms with van der Waals surface area (Å²) in [5, 5.41) is 2.81. The van der Waals surface area contributed by atoms with Crippen LogP contribution in [0.15, 0.2) is 42.5 Å². The average Bonchev–Trinajstić information content (AvgIpc) is 2.69. The van der Waals surface area contributed by atoms with Gasteiger partial charge in [0.25, 0.3) is 5.91 Å². The number of hydrogen-bond acceptors (Lipinski definition) is 4. The molecule has 0 aliphatic carbocycles. The predicted molar refractivity (Wildman–Crippen MR) is 114 cm³/mol. The SMILES string of the molecule is CCCc1ccc(C(=O)CCC(=O)O[C@H](C)C(=O)Nc2c(C)cccc2C)cc1. The number of nitrogens with one attached hydrogen (secondary N) is 1. The lowest BCUT2D eigenvalue weighted by Gasteiger charge is -2.16. The van der Waals surface area contributed by atoms with E-state index < -0.39 is 18.0 Å². The number of ether oxygens (including phenoxy) is 1. The molecular weight excluding hydrogens is 366 g/mol. The zero-order chi connectivity index (χ0) is 21.4. The maximum Gasteiger partial charge on any atom is 0.307 e. The summed E-state index contributed by atoms with van der Waals surface area (Å²) in [7, 11) is 0. The van der Waals surface area contributed by atoms with Crippen LogP contribution in [0, 0.1) is 13.8 Å². The van der Waals surface area contributed by atoms with Crippen molar-refractivity contribution in [1.29, 1.82) is 0 Å². The third-order valence-electron chi connectivity index (χ3n) is 4.78. The Bertz CT molecular complexity index is 851. The molecule has 0 saturated heterocycles. The molecule has 1 amide bonds. The summed E-state index contributed by atoms with van der Waals surface area (Å²) in [4.78, 5) is 36.7. The molecule has 5 heteroatoms. The maximum absolute atomic E-state index is 12.3. The second kappa shape index (κ2) is 10.6. The molecule has 2 aromatic carbocycles. The Kier molecular flexibility index (Phi) is 8.13. The van der Waals surface area contributed by atoms with Gasteiger partial charge in [0.15, 0.2) is 11.9 Å². The highest BCUT2D eigenvalue weighted by molar-refractivity contribution is 5.98. The van der Waals surface area contributed by atoms with Crippen molar-refractivity contribution < 1.29 is 19.1 Å². The first-order chi connectivity index (χ1) is 13.8. The van der Waals surface area contributed by atoms with Gasteiger partial charge in [0.1, 0.15) is 0 Å². The van der Waals surface area contributed by atoms with E-state index in [-0.39, 0.29) is 18.6 Å². The molecule has 0 bridgehead atoms. The molecule has 0 aliphatic heterocycles. The minimum Gasteiger partial charge on any atom is -0.453 e. The number of benzene rings is 2. The maximum atomic E-state index is 12.3. The Morgan fingerprint density at radius 2 is 1.59 bits per heavy atom. The molecule has 0 radical (unpaired) electrons. The van der Waals surface area contributed by atoms with Gasteiger partial charge >= 0.3 is 5.97 Å². The number of anilines is 1. The Morgan fingerprint density at radius 1 is 0.966 bits per heavy atom. The summed E-state index contributed by atoms with van der Waals surface area (Å²) in [6.45, 7) is 7.43. The van der Waals surface area contributed by atoms with Crippen LogP contribution in [-0.2, 0) is 20.7 Å². The molecule has 0 aromatic heterocycles. The molecule has 0 spiro atoms. The summed E-state index contributed by atoms with van der Waals surface area (Å²) < 4.78 is 5.20. The van der Waals surface area contributed by atoms with E-state index in [1.807, 2.05) is 44.2 Å². The van der Waals surface area contributed by atoms with Crippen molar-refractivity contribution >= 4 is 23.3 Å². The number of rotatable bonds is 9. The van der Waals surface area contributed by atoms with Crippen LogP contribution in [0.5, 0.6) is 0 Å². The van der Waals surface area contributed by atoms with E-state index in [0.29, 0.717) is 5.56 Å². The molecule has 29 heavy (non-hydrogen) atoms. The molecule has 2 rings (SSSR count). The fourth-order valence-electron chi connectivity index (χ4n) is 3.05. The van der Waals surface area contributed by atoms with Gasteiger partial charge in [-0.2, -0.15) is 0 Å². The second-order valence-electron chi connectivity index (χ2n) is 7.26. The fraction of sp³-hybridized carbons (Fsp3) is 0.375. The lowest BCUT2D eigenvalue weighted by atomic mass is 10.0. The van der Waals surface area contributed by atoms with Crippen molar-refractivity contribution in [3.05, 3.63) is 64.7 Å².